The van der Waals surface area contributed by atoms with E-state index in [1.54, 1.807) is 0 Å². The number of sulfonamides is 1. The lowest BCUT2D eigenvalue weighted by molar-refractivity contribution is -0.146. The van der Waals surface area contributed by atoms with Crippen molar-refractivity contribution in [2.45, 2.75) is 43.8 Å². The summed E-state index contributed by atoms with van der Waals surface area (Å²) in [5.41, 5.74) is 5.39. The Bertz CT molecular complexity index is 580. The zero-order valence-corrected chi connectivity index (χ0v) is 15.6. The number of esters is 1. The highest BCUT2D eigenvalue weighted by molar-refractivity contribution is 7.89. The molecular formula is C16H29N3O5S. The molecule has 8 nitrogen and oxygen atoms in total. The van der Waals surface area contributed by atoms with Crippen molar-refractivity contribution in [3.63, 3.8) is 0 Å². The first-order valence-corrected chi connectivity index (χ1v) is 10.5. The molecule has 0 aromatic carbocycles. The molecule has 144 valence electrons. The SMILES string of the molecule is COC(=O)C1CCCCC1S(=O)(=O)N1CCCC(C(=O)NCCN)C1. The molecule has 1 aliphatic heterocycles. The van der Waals surface area contributed by atoms with Crippen molar-refractivity contribution in [2.24, 2.45) is 17.6 Å². The molecule has 2 rings (SSSR count). The van der Waals surface area contributed by atoms with Crippen molar-refractivity contribution in [1.82, 2.24) is 9.62 Å². The predicted octanol–water partition coefficient (Wildman–Crippen LogP) is -0.165. The fraction of sp³-hybridized carbons (Fsp3) is 0.875. The van der Waals surface area contributed by atoms with Crippen molar-refractivity contribution in [3.05, 3.63) is 0 Å². The molecule has 9 heteroatoms. The van der Waals surface area contributed by atoms with Gasteiger partial charge in [-0.05, 0) is 25.7 Å². The van der Waals surface area contributed by atoms with Gasteiger partial charge in [-0.15, -0.1) is 0 Å². The number of nitrogens with one attached hydrogen (secondary N) is 1. The number of nitrogens with zero attached hydrogens (tertiary/aromatic N) is 1. The van der Waals surface area contributed by atoms with Crippen molar-refractivity contribution in [3.8, 4) is 0 Å². The first-order chi connectivity index (χ1) is 11.9. The van der Waals surface area contributed by atoms with Gasteiger partial charge >= 0.3 is 5.97 Å². The minimum atomic E-state index is -3.65. The number of nitrogens with two attached hydrogens (primary N) is 1. The highest BCUT2D eigenvalue weighted by Gasteiger charge is 2.44. The molecule has 1 amide bonds. The van der Waals surface area contributed by atoms with Gasteiger partial charge in [0.1, 0.15) is 0 Å². The van der Waals surface area contributed by atoms with Crippen LogP contribution in [0.25, 0.3) is 0 Å². The molecule has 0 aromatic heterocycles. The number of rotatable bonds is 6. The summed E-state index contributed by atoms with van der Waals surface area (Å²) in [6, 6.07) is 0. The zero-order valence-electron chi connectivity index (χ0n) is 14.8. The predicted molar refractivity (Wildman–Crippen MR) is 93.0 cm³/mol. The Morgan fingerprint density at radius 1 is 1.20 bits per heavy atom. The molecule has 2 fully saturated rings. The van der Waals surface area contributed by atoms with E-state index in [1.165, 1.54) is 11.4 Å². The molecule has 0 bridgehead atoms. The fourth-order valence-electron chi connectivity index (χ4n) is 3.79. The van der Waals surface area contributed by atoms with Crippen molar-refractivity contribution < 1.29 is 22.7 Å². The molecule has 1 aliphatic carbocycles. The highest BCUT2D eigenvalue weighted by Crippen LogP contribution is 2.34. The van der Waals surface area contributed by atoms with E-state index in [4.69, 9.17) is 10.5 Å². The summed E-state index contributed by atoms with van der Waals surface area (Å²) in [4.78, 5) is 24.2. The van der Waals surface area contributed by atoms with E-state index in [2.05, 4.69) is 5.32 Å². The normalized spacial score (nSPS) is 28.3. The Kier molecular flexibility index (Phi) is 7.21. The molecule has 3 unspecified atom stereocenters. The van der Waals surface area contributed by atoms with E-state index in [0.717, 1.165) is 12.8 Å². The van der Waals surface area contributed by atoms with Gasteiger partial charge < -0.3 is 15.8 Å². The molecule has 25 heavy (non-hydrogen) atoms. The van der Waals surface area contributed by atoms with E-state index in [9.17, 15) is 18.0 Å². The molecule has 1 saturated carbocycles. The maximum absolute atomic E-state index is 13.1. The summed E-state index contributed by atoms with van der Waals surface area (Å²) >= 11 is 0. The van der Waals surface area contributed by atoms with Crippen LogP contribution in [0.1, 0.15) is 38.5 Å². The van der Waals surface area contributed by atoms with Crippen LogP contribution in [-0.4, -0.2) is 63.1 Å². The maximum atomic E-state index is 13.1. The molecular weight excluding hydrogens is 346 g/mol. The Balaban J connectivity index is 2.11. The number of ether oxygens (including phenoxy) is 1. The molecule has 2 aliphatic rings. The van der Waals surface area contributed by atoms with E-state index in [0.29, 0.717) is 45.3 Å². The first kappa shape index (κ1) is 20.1. The molecule has 0 aromatic rings. The van der Waals surface area contributed by atoms with Crippen LogP contribution >= 0.6 is 0 Å². The third-order valence-corrected chi connectivity index (χ3v) is 7.53. The minimum Gasteiger partial charge on any atom is -0.469 e. The van der Waals surface area contributed by atoms with E-state index in [1.807, 2.05) is 0 Å². The lowest BCUT2D eigenvalue weighted by Gasteiger charge is -2.37. The molecule has 3 atom stereocenters. The number of carbonyl (C=O) groups is 2. The molecule has 3 N–H and O–H groups in total. The summed E-state index contributed by atoms with van der Waals surface area (Å²) in [5.74, 6) is -1.59. The summed E-state index contributed by atoms with van der Waals surface area (Å²) in [6.07, 6.45) is 3.90. The van der Waals surface area contributed by atoms with Gasteiger partial charge in [0, 0.05) is 26.2 Å². The molecule has 0 spiro atoms. The highest BCUT2D eigenvalue weighted by atomic mass is 32.2. The Morgan fingerprint density at radius 3 is 2.60 bits per heavy atom. The number of hydrogen-bond acceptors (Lipinski definition) is 6. The topological polar surface area (TPSA) is 119 Å². The lowest BCUT2D eigenvalue weighted by Crippen LogP contribution is -2.51. The monoisotopic (exact) mass is 375 g/mol. The van der Waals surface area contributed by atoms with Crippen LogP contribution in [0.3, 0.4) is 0 Å². The minimum absolute atomic E-state index is 0.154. The van der Waals surface area contributed by atoms with Crippen molar-refractivity contribution in [1.29, 1.82) is 0 Å². The van der Waals surface area contributed by atoms with Gasteiger partial charge in [-0.25, -0.2) is 12.7 Å². The third-order valence-electron chi connectivity index (χ3n) is 5.15. The van der Waals surface area contributed by atoms with Crippen molar-refractivity contribution >= 4 is 21.9 Å². The van der Waals surface area contributed by atoms with E-state index >= 15 is 0 Å². The lowest BCUT2D eigenvalue weighted by atomic mass is 9.89. The second kappa shape index (κ2) is 8.95. The quantitative estimate of drug-likeness (QED) is 0.623. The van der Waals surface area contributed by atoms with Gasteiger partial charge in [0.15, 0.2) is 0 Å². The second-order valence-electron chi connectivity index (χ2n) is 6.77. The fourth-order valence-corrected chi connectivity index (χ4v) is 6.07. The Labute approximate surface area is 149 Å². The number of carbonyl (C=O) groups excluding carboxylic acids is 2. The standard InChI is InChI=1S/C16H29N3O5S/c1-24-16(21)13-6-2-3-7-14(13)25(22,23)19-10-4-5-12(11-19)15(20)18-9-8-17/h12-14H,2-11,17H2,1H3,(H,18,20). The number of amides is 1. The maximum Gasteiger partial charge on any atom is 0.310 e. The summed E-state index contributed by atoms with van der Waals surface area (Å²) in [5, 5.41) is 1.98. The average Bonchev–Trinajstić information content (AvgIpc) is 2.65. The average molecular weight is 375 g/mol. The third kappa shape index (κ3) is 4.71. The smallest absolute Gasteiger partial charge is 0.310 e. The van der Waals surface area contributed by atoms with E-state index in [-0.39, 0.29) is 18.4 Å². The number of piperidine rings is 1. The van der Waals surface area contributed by atoms with Crippen LogP contribution in [0.15, 0.2) is 0 Å². The van der Waals surface area contributed by atoms with Gasteiger partial charge in [-0.2, -0.15) is 0 Å². The van der Waals surface area contributed by atoms with Gasteiger partial charge in [0.25, 0.3) is 0 Å². The largest absolute Gasteiger partial charge is 0.469 e. The zero-order chi connectivity index (χ0) is 18.4. The van der Waals surface area contributed by atoms with Crippen molar-refractivity contribution in [2.75, 3.05) is 33.3 Å². The van der Waals surface area contributed by atoms with Crippen LogP contribution in [0.4, 0.5) is 0 Å². The van der Waals surface area contributed by atoms with Gasteiger partial charge in [-0.3, -0.25) is 9.59 Å². The van der Waals surface area contributed by atoms with Crippen LogP contribution in [0.2, 0.25) is 0 Å². The summed E-state index contributed by atoms with van der Waals surface area (Å²) in [6.45, 7) is 1.30. The van der Waals surface area contributed by atoms with Crippen LogP contribution in [-0.2, 0) is 24.3 Å². The number of methoxy groups -OCH3 is 1. The van der Waals surface area contributed by atoms with Gasteiger partial charge in [-0.1, -0.05) is 12.8 Å². The number of hydrogen-bond donors (Lipinski definition) is 2. The Hall–Kier alpha value is -1.19. The second-order valence-corrected chi connectivity index (χ2v) is 8.93. The summed E-state index contributed by atoms with van der Waals surface area (Å²) in [7, 11) is -2.36. The van der Waals surface area contributed by atoms with Crippen LogP contribution in [0.5, 0.6) is 0 Å². The summed E-state index contributed by atoms with van der Waals surface area (Å²) < 4.78 is 32.4. The van der Waals surface area contributed by atoms with Gasteiger partial charge in [0.2, 0.25) is 15.9 Å². The van der Waals surface area contributed by atoms with Crippen LogP contribution < -0.4 is 11.1 Å². The first-order valence-electron chi connectivity index (χ1n) is 8.96. The molecule has 0 radical (unpaired) electrons. The Morgan fingerprint density at radius 2 is 1.92 bits per heavy atom. The molecule has 1 saturated heterocycles. The van der Waals surface area contributed by atoms with Crippen LogP contribution in [0, 0.1) is 11.8 Å². The van der Waals surface area contributed by atoms with E-state index < -0.39 is 27.2 Å². The molecule has 1 heterocycles. The van der Waals surface area contributed by atoms with Gasteiger partial charge in [0.05, 0.1) is 24.2 Å².